The number of amides is 1. The minimum atomic E-state index is -0.709. The molecule has 0 radical (unpaired) electrons. The molecule has 0 bridgehead atoms. The Morgan fingerprint density at radius 1 is 1.15 bits per heavy atom. The van der Waals surface area contributed by atoms with Gasteiger partial charge in [0.2, 0.25) is 5.91 Å². The number of nitrogen functional groups attached to an aromatic ring is 1. The lowest BCUT2D eigenvalue weighted by Crippen LogP contribution is -2.36. The smallest absolute Gasteiger partial charge is 0.222 e. The molecule has 1 atom stereocenters. The molecule has 6 heteroatoms. The number of hydrogen-bond donors (Lipinski definition) is 2. The predicted octanol–water partition coefficient (Wildman–Crippen LogP) is 2.66. The fourth-order valence-electron chi connectivity index (χ4n) is 2.55. The van der Waals surface area contributed by atoms with Crippen LogP contribution in [0.25, 0.3) is 0 Å². The van der Waals surface area contributed by atoms with Crippen LogP contribution < -0.4 is 5.73 Å². The number of ether oxygens (including phenoxy) is 1. The molecular formula is C20H27ClN2O3. The van der Waals surface area contributed by atoms with E-state index in [4.69, 9.17) is 10.5 Å². The van der Waals surface area contributed by atoms with Gasteiger partial charge < -0.3 is 20.5 Å². The molecule has 1 amide bonds. The summed E-state index contributed by atoms with van der Waals surface area (Å²) in [5.41, 5.74) is 8.61. The Bertz CT molecular complexity index is 667. The Hall–Kier alpha value is -2.08. The van der Waals surface area contributed by atoms with Crippen molar-refractivity contribution in [1.82, 2.24) is 4.90 Å². The lowest BCUT2D eigenvalue weighted by molar-refractivity contribution is -0.131. The molecular weight excluding hydrogens is 352 g/mol. The van der Waals surface area contributed by atoms with Crippen LogP contribution in [0.2, 0.25) is 0 Å². The molecule has 3 N–H and O–H groups in total. The molecule has 0 spiro atoms. The number of nitrogens with two attached hydrogens (primary N) is 1. The first-order chi connectivity index (χ1) is 12.1. The highest BCUT2D eigenvalue weighted by Gasteiger charge is 2.14. The summed E-state index contributed by atoms with van der Waals surface area (Å²) in [6, 6.07) is 17.3. The largest absolute Gasteiger partial charge is 0.399 e. The van der Waals surface area contributed by atoms with E-state index in [0.29, 0.717) is 25.1 Å². The molecule has 142 valence electrons. The third kappa shape index (κ3) is 7.44. The van der Waals surface area contributed by atoms with Gasteiger partial charge in [0.1, 0.15) is 0 Å². The molecule has 5 nitrogen and oxygen atoms in total. The second-order valence-corrected chi connectivity index (χ2v) is 6.13. The van der Waals surface area contributed by atoms with E-state index < -0.39 is 6.10 Å². The number of hydrogen-bond acceptors (Lipinski definition) is 4. The molecule has 0 aliphatic heterocycles. The summed E-state index contributed by atoms with van der Waals surface area (Å²) in [7, 11) is 1.69. The van der Waals surface area contributed by atoms with Crippen molar-refractivity contribution in [2.75, 3.05) is 25.9 Å². The molecule has 26 heavy (non-hydrogen) atoms. The van der Waals surface area contributed by atoms with Crippen LogP contribution in [0.4, 0.5) is 5.69 Å². The van der Waals surface area contributed by atoms with Gasteiger partial charge in [-0.25, -0.2) is 0 Å². The second kappa shape index (κ2) is 11.5. The maximum atomic E-state index is 12.2. The standard InChI is InChI=1S/C20H26N2O3.ClH/c1-22(20(24)12-11-17-9-5-6-10-19(17)21)13-18(23)15-25-14-16-7-3-2-4-8-16;/h2-10,18,23H,11-15,21H2,1H3;1H. The zero-order valence-electron chi connectivity index (χ0n) is 15.0. The van der Waals surface area contributed by atoms with Crippen LogP contribution in [-0.2, 0) is 22.6 Å². The van der Waals surface area contributed by atoms with E-state index in [-0.39, 0.29) is 31.5 Å². The molecule has 0 aliphatic carbocycles. The van der Waals surface area contributed by atoms with Gasteiger partial charge in [0.15, 0.2) is 0 Å². The Kier molecular flexibility index (Phi) is 9.73. The van der Waals surface area contributed by atoms with Crippen molar-refractivity contribution in [3.05, 3.63) is 65.7 Å². The SMILES string of the molecule is CN(CC(O)COCc1ccccc1)C(=O)CCc1ccccc1N.Cl. The number of likely N-dealkylation sites (N-methyl/N-ethyl adjacent to an activating group) is 1. The van der Waals surface area contributed by atoms with Crippen molar-refractivity contribution < 1.29 is 14.6 Å². The number of aliphatic hydroxyl groups excluding tert-OH is 1. The van der Waals surface area contributed by atoms with E-state index in [0.717, 1.165) is 11.1 Å². The van der Waals surface area contributed by atoms with E-state index in [9.17, 15) is 9.90 Å². The molecule has 2 aromatic rings. The molecule has 0 saturated carbocycles. The Labute approximate surface area is 161 Å². The molecule has 0 aliphatic rings. The van der Waals surface area contributed by atoms with E-state index in [1.807, 2.05) is 54.6 Å². The van der Waals surface area contributed by atoms with Crippen molar-refractivity contribution in [1.29, 1.82) is 0 Å². The number of benzene rings is 2. The Morgan fingerprint density at radius 3 is 2.50 bits per heavy atom. The highest BCUT2D eigenvalue weighted by Crippen LogP contribution is 2.13. The van der Waals surface area contributed by atoms with E-state index >= 15 is 0 Å². The fourth-order valence-corrected chi connectivity index (χ4v) is 2.55. The van der Waals surface area contributed by atoms with Crippen LogP contribution in [0.5, 0.6) is 0 Å². The number of aliphatic hydroxyl groups is 1. The summed E-state index contributed by atoms with van der Waals surface area (Å²) in [6.07, 6.45) is 0.248. The summed E-state index contributed by atoms with van der Waals surface area (Å²) >= 11 is 0. The quantitative estimate of drug-likeness (QED) is 0.658. The van der Waals surface area contributed by atoms with Crippen LogP contribution in [0, 0.1) is 0 Å². The number of carbonyl (C=O) groups excluding carboxylic acids is 1. The second-order valence-electron chi connectivity index (χ2n) is 6.13. The topological polar surface area (TPSA) is 75.8 Å². The maximum Gasteiger partial charge on any atom is 0.222 e. The minimum Gasteiger partial charge on any atom is -0.399 e. The van der Waals surface area contributed by atoms with Gasteiger partial charge in [-0.15, -0.1) is 12.4 Å². The molecule has 1 unspecified atom stereocenters. The number of anilines is 1. The first-order valence-corrected chi connectivity index (χ1v) is 8.43. The number of aryl methyl sites for hydroxylation is 1. The summed E-state index contributed by atoms with van der Waals surface area (Å²) in [5.74, 6) is -0.0228. The molecule has 2 rings (SSSR count). The Balaban J connectivity index is 0.00000338. The molecule has 2 aromatic carbocycles. The first kappa shape index (κ1) is 22.0. The zero-order valence-corrected chi connectivity index (χ0v) is 15.8. The lowest BCUT2D eigenvalue weighted by atomic mass is 10.1. The third-order valence-corrected chi connectivity index (χ3v) is 4.00. The van der Waals surface area contributed by atoms with E-state index in [1.165, 1.54) is 4.90 Å². The zero-order chi connectivity index (χ0) is 18.1. The van der Waals surface area contributed by atoms with E-state index in [2.05, 4.69) is 0 Å². The van der Waals surface area contributed by atoms with Gasteiger partial charge in [-0.1, -0.05) is 48.5 Å². The molecule has 0 fully saturated rings. The summed E-state index contributed by atoms with van der Waals surface area (Å²) in [6.45, 7) is 0.888. The summed E-state index contributed by atoms with van der Waals surface area (Å²) in [5, 5.41) is 10.0. The van der Waals surface area contributed by atoms with Gasteiger partial charge in [0.25, 0.3) is 0 Å². The van der Waals surface area contributed by atoms with Crippen LogP contribution >= 0.6 is 12.4 Å². The van der Waals surface area contributed by atoms with Gasteiger partial charge in [-0.05, 0) is 23.6 Å². The third-order valence-electron chi connectivity index (χ3n) is 4.00. The van der Waals surface area contributed by atoms with E-state index in [1.54, 1.807) is 7.05 Å². The number of nitrogens with zero attached hydrogens (tertiary/aromatic N) is 1. The normalized spacial score (nSPS) is 11.5. The lowest BCUT2D eigenvalue weighted by Gasteiger charge is -2.21. The van der Waals surface area contributed by atoms with Crippen molar-refractivity contribution in [3.63, 3.8) is 0 Å². The van der Waals surface area contributed by atoms with Crippen molar-refractivity contribution >= 4 is 24.0 Å². The highest BCUT2D eigenvalue weighted by atomic mass is 35.5. The molecule has 0 heterocycles. The van der Waals surface area contributed by atoms with Crippen LogP contribution in [0.3, 0.4) is 0 Å². The van der Waals surface area contributed by atoms with Crippen molar-refractivity contribution in [3.8, 4) is 0 Å². The number of rotatable bonds is 9. The van der Waals surface area contributed by atoms with Gasteiger partial charge in [0.05, 0.1) is 19.3 Å². The number of para-hydroxylation sites is 1. The van der Waals surface area contributed by atoms with Crippen molar-refractivity contribution in [2.45, 2.75) is 25.6 Å². The summed E-state index contributed by atoms with van der Waals surface area (Å²) < 4.78 is 5.50. The van der Waals surface area contributed by atoms with Gasteiger partial charge in [0, 0.05) is 25.7 Å². The van der Waals surface area contributed by atoms with Gasteiger partial charge in [-0.3, -0.25) is 4.79 Å². The molecule has 0 aromatic heterocycles. The predicted molar refractivity (Wildman–Crippen MR) is 106 cm³/mol. The van der Waals surface area contributed by atoms with Crippen LogP contribution in [0.15, 0.2) is 54.6 Å². The Morgan fingerprint density at radius 2 is 1.81 bits per heavy atom. The number of halogens is 1. The minimum absolute atomic E-state index is 0. The van der Waals surface area contributed by atoms with Crippen molar-refractivity contribution in [2.24, 2.45) is 0 Å². The highest BCUT2D eigenvalue weighted by molar-refractivity contribution is 5.85. The fraction of sp³-hybridized carbons (Fsp3) is 0.350. The van der Waals surface area contributed by atoms with Crippen LogP contribution in [-0.4, -0.2) is 42.2 Å². The number of carbonyl (C=O) groups is 1. The maximum absolute atomic E-state index is 12.2. The average Bonchev–Trinajstić information content (AvgIpc) is 2.61. The van der Waals surface area contributed by atoms with Gasteiger partial charge >= 0.3 is 0 Å². The molecule has 0 saturated heterocycles. The summed E-state index contributed by atoms with van der Waals surface area (Å²) in [4.78, 5) is 13.7. The monoisotopic (exact) mass is 378 g/mol. The first-order valence-electron chi connectivity index (χ1n) is 8.43. The average molecular weight is 379 g/mol. The van der Waals surface area contributed by atoms with Crippen LogP contribution in [0.1, 0.15) is 17.5 Å². The van der Waals surface area contributed by atoms with Gasteiger partial charge in [-0.2, -0.15) is 0 Å².